The molecular formula is C15H20N4. The van der Waals surface area contributed by atoms with E-state index in [1.807, 2.05) is 18.3 Å². The van der Waals surface area contributed by atoms with Gasteiger partial charge in [0.05, 0.1) is 6.20 Å². The Hall–Kier alpha value is -1.68. The molecule has 1 heterocycles. The molecule has 4 nitrogen and oxygen atoms in total. The van der Waals surface area contributed by atoms with Crippen molar-refractivity contribution < 1.29 is 0 Å². The lowest BCUT2D eigenvalue weighted by molar-refractivity contribution is 0.0738. The van der Waals surface area contributed by atoms with E-state index in [1.165, 1.54) is 19.3 Å². The number of aromatic nitrogens is 2. The van der Waals surface area contributed by atoms with Gasteiger partial charge in [0.1, 0.15) is 0 Å². The molecule has 0 unspecified atom stereocenters. The van der Waals surface area contributed by atoms with Gasteiger partial charge in [-0.15, -0.1) is 5.10 Å². The van der Waals surface area contributed by atoms with Crippen LogP contribution in [0.25, 0.3) is 10.8 Å². The number of likely N-dealkylation sites (N-methyl/N-ethyl adjacent to an activating group) is 1. The summed E-state index contributed by atoms with van der Waals surface area (Å²) < 4.78 is 0. The van der Waals surface area contributed by atoms with Crippen molar-refractivity contribution in [3.63, 3.8) is 0 Å². The van der Waals surface area contributed by atoms with Gasteiger partial charge in [0, 0.05) is 22.9 Å². The molecule has 1 fully saturated rings. The van der Waals surface area contributed by atoms with Crippen LogP contribution in [-0.2, 0) is 0 Å². The fourth-order valence-corrected chi connectivity index (χ4v) is 2.77. The summed E-state index contributed by atoms with van der Waals surface area (Å²) in [6.07, 6.45) is 5.64. The van der Waals surface area contributed by atoms with Crippen molar-refractivity contribution >= 4 is 16.6 Å². The van der Waals surface area contributed by atoms with E-state index >= 15 is 0 Å². The van der Waals surface area contributed by atoms with E-state index in [2.05, 4.69) is 46.6 Å². The highest BCUT2D eigenvalue weighted by atomic mass is 15.2. The molecule has 0 bridgehead atoms. The van der Waals surface area contributed by atoms with Gasteiger partial charge in [0.2, 0.25) is 0 Å². The zero-order valence-electron chi connectivity index (χ0n) is 11.6. The summed E-state index contributed by atoms with van der Waals surface area (Å²) in [7, 11) is 4.32. The van der Waals surface area contributed by atoms with Crippen LogP contribution in [0, 0.1) is 0 Å². The second-order valence-corrected chi connectivity index (χ2v) is 5.61. The highest BCUT2D eigenvalue weighted by Crippen LogP contribution is 2.36. The summed E-state index contributed by atoms with van der Waals surface area (Å²) >= 11 is 0. The first kappa shape index (κ1) is 12.4. The average molecular weight is 256 g/mol. The fourth-order valence-electron chi connectivity index (χ4n) is 2.77. The van der Waals surface area contributed by atoms with Gasteiger partial charge in [-0.05, 0) is 33.4 Å². The van der Waals surface area contributed by atoms with Crippen LogP contribution in [-0.4, -0.2) is 41.3 Å². The highest BCUT2D eigenvalue weighted by Gasteiger charge is 2.38. The summed E-state index contributed by atoms with van der Waals surface area (Å²) in [5.41, 5.74) is 0.290. The Morgan fingerprint density at radius 1 is 1.26 bits per heavy atom. The number of benzene rings is 1. The average Bonchev–Trinajstić information content (AvgIpc) is 2.37. The predicted octanol–water partition coefficient (Wildman–Crippen LogP) is 2.53. The molecule has 0 spiro atoms. The Morgan fingerprint density at radius 2 is 2.05 bits per heavy atom. The second-order valence-electron chi connectivity index (χ2n) is 5.61. The van der Waals surface area contributed by atoms with Crippen LogP contribution in [0.1, 0.15) is 19.3 Å². The summed E-state index contributed by atoms with van der Waals surface area (Å²) in [5, 5.41) is 14.1. The quantitative estimate of drug-likeness (QED) is 0.912. The molecule has 0 amide bonds. The topological polar surface area (TPSA) is 41.0 Å². The first-order valence-electron chi connectivity index (χ1n) is 6.83. The van der Waals surface area contributed by atoms with Gasteiger partial charge in [0.15, 0.2) is 5.82 Å². The molecule has 0 atom stereocenters. The molecule has 0 saturated heterocycles. The minimum Gasteiger partial charge on any atom is -0.366 e. The number of nitrogens with one attached hydrogen (secondary N) is 1. The fraction of sp³-hybridized carbons (Fsp3) is 0.467. The van der Waals surface area contributed by atoms with Crippen molar-refractivity contribution in [2.45, 2.75) is 24.8 Å². The summed E-state index contributed by atoms with van der Waals surface area (Å²) in [5.74, 6) is 0.895. The van der Waals surface area contributed by atoms with Crippen LogP contribution in [0.2, 0.25) is 0 Å². The first-order chi connectivity index (χ1) is 9.21. The molecule has 3 rings (SSSR count). The number of nitrogens with zero attached hydrogens (tertiary/aromatic N) is 3. The zero-order chi connectivity index (χ0) is 13.3. The van der Waals surface area contributed by atoms with Crippen molar-refractivity contribution in [3.05, 3.63) is 30.5 Å². The number of hydrogen-bond acceptors (Lipinski definition) is 4. The standard InChI is InChI=1S/C15H20N4/c1-19(2)15(8-5-9-15)11-16-14-13-7-4-3-6-12(13)10-17-18-14/h3-4,6-7,10H,5,8-9,11H2,1-2H3,(H,16,18). The number of anilines is 1. The SMILES string of the molecule is CN(C)C1(CNc2nncc3ccccc23)CCC1. The number of fused-ring (bicyclic) bond motifs is 1. The van der Waals surface area contributed by atoms with Crippen LogP contribution < -0.4 is 5.32 Å². The lowest BCUT2D eigenvalue weighted by Gasteiger charge is -2.47. The monoisotopic (exact) mass is 256 g/mol. The summed E-state index contributed by atoms with van der Waals surface area (Å²) in [4.78, 5) is 2.34. The van der Waals surface area contributed by atoms with Gasteiger partial charge in [-0.25, -0.2) is 0 Å². The van der Waals surface area contributed by atoms with Crippen molar-refractivity contribution in [2.24, 2.45) is 0 Å². The molecule has 4 heteroatoms. The highest BCUT2D eigenvalue weighted by molar-refractivity contribution is 5.90. The molecule has 0 aliphatic heterocycles. The minimum atomic E-state index is 0.290. The Balaban J connectivity index is 1.82. The van der Waals surface area contributed by atoms with E-state index in [9.17, 15) is 0 Å². The molecule has 1 aromatic carbocycles. The number of rotatable bonds is 4. The maximum atomic E-state index is 4.25. The van der Waals surface area contributed by atoms with Gasteiger partial charge < -0.3 is 10.2 Å². The Morgan fingerprint density at radius 3 is 2.74 bits per heavy atom. The second kappa shape index (κ2) is 4.78. The molecule has 2 aromatic rings. The largest absolute Gasteiger partial charge is 0.366 e. The van der Waals surface area contributed by atoms with Crippen molar-refractivity contribution in [1.82, 2.24) is 15.1 Å². The van der Waals surface area contributed by atoms with Crippen LogP contribution in [0.15, 0.2) is 30.5 Å². The Bertz CT molecular complexity index is 570. The van der Waals surface area contributed by atoms with Crippen LogP contribution in [0.4, 0.5) is 5.82 Å². The molecule has 100 valence electrons. The molecular weight excluding hydrogens is 236 g/mol. The summed E-state index contributed by atoms with van der Waals surface area (Å²) in [6.45, 7) is 0.933. The Kier molecular flexibility index (Phi) is 3.11. The van der Waals surface area contributed by atoms with Crippen molar-refractivity contribution in [3.8, 4) is 0 Å². The third-order valence-electron chi connectivity index (χ3n) is 4.39. The smallest absolute Gasteiger partial charge is 0.156 e. The molecule has 1 N–H and O–H groups in total. The molecule has 19 heavy (non-hydrogen) atoms. The molecule has 1 saturated carbocycles. The minimum absolute atomic E-state index is 0.290. The maximum Gasteiger partial charge on any atom is 0.156 e. The summed E-state index contributed by atoms with van der Waals surface area (Å²) in [6, 6.07) is 8.23. The molecule has 0 radical (unpaired) electrons. The number of hydrogen-bond donors (Lipinski definition) is 1. The van der Waals surface area contributed by atoms with Gasteiger partial charge in [-0.1, -0.05) is 24.3 Å². The van der Waals surface area contributed by atoms with E-state index < -0.39 is 0 Å². The van der Waals surface area contributed by atoms with E-state index in [-0.39, 0.29) is 0 Å². The molecule has 1 aliphatic rings. The van der Waals surface area contributed by atoms with Crippen LogP contribution >= 0.6 is 0 Å². The maximum absolute atomic E-state index is 4.25. The molecule has 1 aliphatic carbocycles. The van der Waals surface area contributed by atoms with E-state index in [0.717, 1.165) is 23.1 Å². The van der Waals surface area contributed by atoms with Gasteiger partial charge in [0.25, 0.3) is 0 Å². The first-order valence-corrected chi connectivity index (χ1v) is 6.83. The third kappa shape index (κ3) is 2.16. The van der Waals surface area contributed by atoms with Crippen molar-refractivity contribution in [1.29, 1.82) is 0 Å². The molecule has 1 aromatic heterocycles. The van der Waals surface area contributed by atoms with Crippen molar-refractivity contribution in [2.75, 3.05) is 26.0 Å². The third-order valence-corrected chi connectivity index (χ3v) is 4.39. The van der Waals surface area contributed by atoms with E-state index in [0.29, 0.717) is 5.54 Å². The van der Waals surface area contributed by atoms with Crippen LogP contribution in [0.5, 0.6) is 0 Å². The van der Waals surface area contributed by atoms with E-state index in [4.69, 9.17) is 0 Å². The van der Waals surface area contributed by atoms with Gasteiger partial charge in [-0.2, -0.15) is 5.10 Å². The normalized spacial score (nSPS) is 17.4. The lowest BCUT2D eigenvalue weighted by atomic mass is 9.75. The van der Waals surface area contributed by atoms with E-state index in [1.54, 1.807) is 0 Å². The van der Waals surface area contributed by atoms with Gasteiger partial charge >= 0.3 is 0 Å². The predicted molar refractivity (Wildman–Crippen MR) is 78.3 cm³/mol. The lowest BCUT2D eigenvalue weighted by Crippen LogP contribution is -2.54. The van der Waals surface area contributed by atoms with Crippen LogP contribution in [0.3, 0.4) is 0 Å². The Labute approximate surface area is 113 Å². The van der Waals surface area contributed by atoms with Gasteiger partial charge in [-0.3, -0.25) is 0 Å². The zero-order valence-corrected chi connectivity index (χ0v) is 11.6.